The van der Waals surface area contributed by atoms with Gasteiger partial charge in [-0.2, -0.15) is 0 Å². The Kier molecular flexibility index (Phi) is 10.5. The lowest BCUT2D eigenvalue weighted by Crippen LogP contribution is -2.30. The van der Waals surface area contributed by atoms with E-state index in [0.29, 0.717) is 27.7 Å². The Balaban J connectivity index is 1.23. The molecule has 6 rings (SSSR count). The molecule has 244 valence electrons. The molecule has 0 aliphatic carbocycles. The highest BCUT2D eigenvalue weighted by Crippen LogP contribution is 2.38. The van der Waals surface area contributed by atoms with Crippen LogP contribution in [0.3, 0.4) is 0 Å². The molecular formula is C39H32N4O4S2. The van der Waals surface area contributed by atoms with Crippen LogP contribution in [0.15, 0.2) is 138 Å². The summed E-state index contributed by atoms with van der Waals surface area (Å²) in [5.41, 5.74) is 4.45. The predicted octanol–water partition coefficient (Wildman–Crippen LogP) is 8.50. The van der Waals surface area contributed by atoms with E-state index in [0.717, 1.165) is 26.2 Å². The quantitative estimate of drug-likeness (QED) is 0.0933. The number of fused-ring (bicyclic) bond motifs is 1. The minimum atomic E-state index is -0.600. The molecule has 1 atom stereocenters. The van der Waals surface area contributed by atoms with Gasteiger partial charge in [0, 0.05) is 16.1 Å². The van der Waals surface area contributed by atoms with Crippen LogP contribution < -0.4 is 20.7 Å². The maximum atomic E-state index is 13.8. The number of aromatic nitrogens is 1. The van der Waals surface area contributed by atoms with Gasteiger partial charge in [-0.1, -0.05) is 84.1 Å². The lowest BCUT2D eigenvalue weighted by atomic mass is 10.1. The number of amides is 3. The number of rotatable bonds is 11. The third kappa shape index (κ3) is 8.61. The molecule has 8 nitrogen and oxygen atoms in total. The molecule has 1 aromatic heterocycles. The van der Waals surface area contributed by atoms with Gasteiger partial charge in [-0.25, -0.2) is 4.98 Å². The fourth-order valence-corrected chi connectivity index (χ4v) is 7.00. The van der Waals surface area contributed by atoms with Gasteiger partial charge >= 0.3 is 0 Å². The molecule has 6 aromatic rings. The van der Waals surface area contributed by atoms with Crippen molar-refractivity contribution in [1.29, 1.82) is 0 Å². The lowest BCUT2D eigenvalue weighted by Gasteiger charge is -2.17. The summed E-state index contributed by atoms with van der Waals surface area (Å²) in [7, 11) is 1.58. The minimum absolute atomic E-state index is 0.0599. The van der Waals surface area contributed by atoms with Gasteiger partial charge in [0.1, 0.15) is 16.7 Å². The molecule has 0 radical (unpaired) electrons. The summed E-state index contributed by atoms with van der Waals surface area (Å²) in [6.07, 6.45) is 1.60. The van der Waals surface area contributed by atoms with Crippen LogP contribution in [-0.4, -0.2) is 29.8 Å². The molecule has 10 heteroatoms. The number of benzene rings is 5. The number of nitrogens with zero attached hydrogens (tertiary/aromatic N) is 1. The first-order valence-electron chi connectivity index (χ1n) is 15.4. The van der Waals surface area contributed by atoms with Crippen molar-refractivity contribution in [3.05, 3.63) is 155 Å². The van der Waals surface area contributed by atoms with Crippen molar-refractivity contribution in [3.63, 3.8) is 0 Å². The molecule has 0 aliphatic rings. The van der Waals surface area contributed by atoms with E-state index in [-0.39, 0.29) is 11.6 Å². The Morgan fingerprint density at radius 1 is 0.816 bits per heavy atom. The molecule has 1 unspecified atom stereocenters. The van der Waals surface area contributed by atoms with E-state index in [4.69, 9.17) is 4.74 Å². The summed E-state index contributed by atoms with van der Waals surface area (Å²) in [5, 5.41) is 8.62. The van der Waals surface area contributed by atoms with Crippen LogP contribution in [0.2, 0.25) is 0 Å². The number of thioether (sulfide) groups is 1. The third-order valence-corrected chi connectivity index (χ3v) is 9.60. The largest absolute Gasteiger partial charge is 0.497 e. The number of hydrogen-bond donors (Lipinski definition) is 3. The van der Waals surface area contributed by atoms with E-state index < -0.39 is 17.1 Å². The number of carbonyl (C=O) groups excluding carboxylic acids is 3. The summed E-state index contributed by atoms with van der Waals surface area (Å²) in [6.45, 7) is 2.02. The van der Waals surface area contributed by atoms with Crippen LogP contribution >= 0.6 is 23.1 Å². The summed E-state index contributed by atoms with van der Waals surface area (Å²) in [5.74, 6) is -0.469. The first-order chi connectivity index (χ1) is 23.8. The molecule has 5 aromatic carbocycles. The molecule has 0 bridgehead atoms. The van der Waals surface area contributed by atoms with Crippen molar-refractivity contribution >= 4 is 67.9 Å². The number of nitrogens with one attached hydrogen (secondary N) is 3. The zero-order valence-electron chi connectivity index (χ0n) is 26.7. The zero-order chi connectivity index (χ0) is 34.2. The average Bonchev–Trinajstić information content (AvgIpc) is 3.52. The van der Waals surface area contributed by atoms with E-state index in [1.165, 1.54) is 23.1 Å². The van der Waals surface area contributed by atoms with Crippen molar-refractivity contribution in [2.75, 3.05) is 17.7 Å². The smallest absolute Gasteiger partial charge is 0.272 e. The van der Waals surface area contributed by atoms with Crippen molar-refractivity contribution < 1.29 is 19.1 Å². The fourth-order valence-electron chi connectivity index (χ4n) is 4.95. The number of anilines is 2. The highest BCUT2D eigenvalue weighted by molar-refractivity contribution is 8.00. The Bertz CT molecular complexity index is 2130. The molecule has 3 amide bonds. The van der Waals surface area contributed by atoms with Crippen molar-refractivity contribution in [2.45, 2.75) is 17.1 Å². The SMILES string of the molecule is COc1ccc(/C=C(/NC(=O)c2ccccc2)C(=O)Nc2cccc(SC(C(=O)Nc3nc4ccc(C)cc4s3)c3ccccc3)c2)cc1. The first kappa shape index (κ1) is 33.2. The highest BCUT2D eigenvalue weighted by Gasteiger charge is 2.24. The second-order valence-electron chi connectivity index (χ2n) is 11.0. The highest BCUT2D eigenvalue weighted by atomic mass is 32.2. The van der Waals surface area contributed by atoms with Gasteiger partial charge in [-0.3, -0.25) is 14.4 Å². The van der Waals surface area contributed by atoms with Crippen LogP contribution in [0.4, 0.5) is 10.8 Å². The predicted molar refractivity (Wildman–Crippen MR) is 198 cm³/mol. The van der Waals surface area contributed by atoms with E-state index in [1.807, 2.05) is 67.6 Å². The van der Waals surface area contributed by atoms with Gasteiger partial charge in [0.2, 0.25) is 5.91 Å². The topological polar surface area (TPSA) is 109 Å². The Morgan fingerprint density at radius 2 is 1.55 bits per heavy atom. The lowest BCUT2D eigenvalue weighted by molar-refractivity contribution is -0.116. The van der Waals surface area contributed by atoms with Gasteiger partial charge in [-0.15, -0.1) is 11.8 Å². The molecular weight excluding hydrogens is 653 g/mol. The van der Waals surface area contributed by atoms with Gasteiger partial charge < -0.3 is 20.7 Å². The number of hydrogen-bond acceptors (Lipinski definition) is 7. The number of aryl methyl sites for hydroxylation is 1. The van der Waals surface area contributed by atoms with Crippen LogP contribution in [0.1, 0.15) is 32.3 Å². The second-order valence-corrected chi connectivity index (χ2v) is 13.2. The van der Waals surface area contributed by atoms with E-state index in [9.17, 15) is 14.4 Å². The van der Waals surface area contributed by atoms with E-state index >= 15 is 0 Å². The first-order valence-corrected chi connectivity index (χ1v) is 17.1. The number of methoxy groups -OCH3 is 1. The summed E-state index contributed by atoms with van der Waals surface area (Å²) in [4.78, 5) is 45.9. The Hall–Kier alpha value is -5.71. The van der Waals surface area contributed by atoms with Gasteiger partial charge in [0.25, 0.3) is 11.8 Å². The fraction of sp³-hybridized carbons (Fsp3) is 0.0769. The summed E-state index contributed by atoms with van der Waals surface area (Å²) in [6, 6.07) is 38.6. The standard InChI is InChI=1S/C39H32N4O4S2/c1-25-16-21-32-34(22-25)49-39(42-32)43-38(46)35(27-10-5-3-6-11-27)48-31-15-9-14-29(24-31)40-37(45)33(23-26-17-19-30(47-2)20-18-26)41-36(44)28-12-7-4-8-13-28/h3-24,35H,1-2H3,(H,40,45)(H,41,44)(H,42,43,46)/b33-23+. The number of thiazole rings is 1. The monoisotopic (exact) mass is 684 g/mol. The zero-order valence-corrected chi connectivity index (χ0v) is 28.3. The number of ether oxygens (including phenoxy) is 1. The van der Waals surface area contributed by atoms with Crippen molar-refractivity contribution in [2.24, 2.45) is 0 Å². The molecule has 0 aliphatic heterocycles. The maximum absolute atomic E-state index is 13.8. The molecule has 49 heavy (non-hydrogen) atoms. The van der Waals surface area contributed by atoms with Crippen LogP contribution in [0.25, 0.3) is 16.3 Å². The van der Waals surface area contributed by atoms with E-state index in [2.05, 4.69) is 27.0 Å². The van der Waals surface area contributed by atoms with Crippen LogP contribution in [0.5, 0.6) is 5.75 Å². The second kappa shape index (κ2) is 15.5. The van der Waals surface area contributed by atoms with Crippen molar-refractivity contribution in [1.82, 2.24) is 10.3 Å². The Morgan fingerprint density at radius 3 is 2.29 bits per heavy atom. The Labute approximate surface area is 292 Å². The molecule has 3 N–H and O–H groups in total. The maximum Gasteiger partial charge on any atom is 0.272 e. The molecule has 0 fully saturated rings. The third-order valence-electron chi connectivity index (χ3n) is 7.42. The molecule has 0 spiro atoms. The van der Waals surface area contributed by atoms with Crippen LogP contribution in [-0.2, 0) is 9.59 Å². The minimum Gasteiger partial charge on any atom is -0.497 e. The summed E-state index contributed by atoms with van der Waals surface area (Å²) < 4.78 is 6.25. The van der Waals surface area contributed by atoms with Gasteiger partial charge in [-0.05, 0) is 84.3 Å². The normalized spacial score (nSPS) is 11.8. The average molecular weight is 685 g/mol. The van der Waals surface area contributed by atoms with Gasteiger partial charge in [0.05, 0.1) is 17.3 Å². The molecule has 1 heterocycles. The summed E-state index contributed by atoms with van der Waals surface area (Å²) >= 11 is 2.79. The molecule has 0 saturated carbocycles. The van der Waals surface area contributed by atoms with Crippen LogP contribution in [0, 0.1) is 6.92 Å². The van der Waals surface area contributed by atoms with E-state index in [1.54, 1.807) is 73.8 Å². The van der Waals surface area contributed by atoms with Crippen molar-refractivity contribution in [3.8, 4) is 5.75 Å². The molecule has 0 saturated heterocycles. The van der Waals surface area contributed by atoms with Gasteiger partial charge in [0.15, 0.2) is 5.13 Å². The number of carbonyl (C=O) groups is 3.